The molecule has 0 radical (unpaired) electrons. The highest BCUT2D eigenvalue weighted by Crippen LogP contribution is 2.31. The van der Waals surface area contributed by atoms with Gasteiger partial charge in [0.2, 0.25) is 5.91 Å². The van der Waals surface area contributed by atoms with Crippen LogP contribution in [0.15, 0.2) is 24.3 Å². The van der Waals surface area contributed by atoms with Gasteiger partial charge in [0.25, 0.3) is 5.19 Å². The first-order valence-corrected chi connectivity index (χ1v) is 8.09. The lowest BCUT2D eigenvalue weighted by atomic mass is 10.1. The van der Waals surface area contributed by atoms with Gasteiger partial charge in [0.05, 0.1) is 30.4 Å². The second-order valence-corrected chi connectivity index (χ2v) is 6.21. The number of benzene rings is 1. The van der Waals surface area contributed by atoms with E-state index in [0.717, 1.165) is 16.4 Å². The lowest BCUT2D eigenvalue weighted by Gasteiger charge is -2.24. The van der Waals surface area contributed by atoms with E-state index in [0.29, 0.717) is 24.9 Å². The number of aromatic nitrogens is 2. The van der Waals surface area contributed by atoms with Gasteiger partial charge in [0.1, 0.15) is 5.01 Å². The fourth-order valence-electron chi connectivity index (χ4n) is 2.42. The van der Waals surface area contributed by atoms with Gasteiger partial charge in [-0.05, 0) is 19.1 Å². The number of nitrogens with zero attached hydrogens (tertiary/aromatic N) is 3. The summed E-state index contributed by atoms with van der Waals surface area (Å²) >= 11 is 1.44. The first-order valence-electron chi connectivity index (χ1n) is 7.27. The van der Waals surface area contributed by atoms with Gasteiger partial charge in [-0.2, -0.15) is 0 Å². The summed E-state index contributed by atoms with van der Waals surface area (Å²) in [4.78, 5) is 14.2. The van der Waals surface area contributed by atoms with Crippen molar-refractivity contribution in [2.75, 3.05) is 23.4 Å². The van der Waals surface area contributed by atoms with Crippen LogP contribution in [0.2, 0.25) is 0 Å². The highest BCUT2D eigenvalue weighted by Gasteiger charge is 2.25. The van der Waals surface area contributed by atoms with E-state index < -0.39 is 0 Å². The van der Waals surface area contributed by atoms with Gasteiger partial charge in [0, 0.05) is 6.54 Å². The van der Waals surface area contributed by atoms with E-state index in [2.05, 4.69) is 20.4 Å². The molecule has 0 fully saturated rings. The smallest absolute Gasteiger partial charge is 0.294 e. The van der Waals surface area contributed by atoms with Crippen LogP contribution in [0.4, 0.5) is 11.4 Å². The molecule has 0 saturated carbocycles. The minimum atomic E-state index is -0.0910. The number of hydrogen-bond acceptors (Lipinski definition) is 6. The number of ether oxygens (including phenoxy) is 1. The Morgan fingerprint density at radius 3 is 3.05 bits per heavy atom. The van der Waals surface area contributed by atoms with Crippen molar-refractivity contribution in [1.29, 1.82) is 0 Å². The number of fused-ring (bicyclic) bond motifs is 1. The summed E-state index contributed by atoms with van der Waals surface area (Å²) in [5, 5.41) is 12.6. The molecule has 0 bridgehead atoms. The molecular weight excluding hydrogens is 300 g/mol. The maximum absolute atomic E-state index is 12.1. The molecule has 1 aliphatic rings. The summed E-state index contributed by atoms with van der Waals surface area (Å²) in [6.45, 7) is 5.69. The topological polar surface area (TPSA) is 67.4 Å². The molecule has 6 nitrogen and oxygen atoms in total. The quantitative estimate of drug-likeness (QED) is 0.938. The van der Waals surface area contributed by atoms with E-state index in [1.165, 1.54) is 11.3 Å². The fraction of sp³-hybridized carbons (Fsp3) is 0.400. The van der Waals surface area contributed by atoms with Crippen molar-refractivity contribution >= 4 is 28.6 Å². The molecule has 2 heterocycles. The zero-order valence-electron chi connectivity index (χ0n) is 12.6. The first kappa shape index (κ1) is 14.8. The third-order valence-electron chi connectivity index (χ3n) is 3.49. The molecule has 2 aromatic rings. The number of nitrogens with one attached hydrogen (secondary N) is 1. The van der Waals surface area contributed by atoms with Crippen LogP contribution in [0, 0.1) is 5.92 Å². The Hall–Kier alpha value is -2.15. The summed E-state index contributed by atoms with van der Waals surface area (Å²) in [6, 6.07) is 7.83. The van der Waals surface area contributed by atoms with Crippen LogP contribution in [0.5, 0.6) is 5.19 Å². The average Bonchev–Trinajstić information content (AvgIpc) is 2.90. The van der Waals surface area contributed by atoms with Crippen molar-refractivity contribution in [3.63, 3.8) is 0 Å². The summed E-state index contributed by atoms with van der Waals surface area (Å²) in [5.41, 5.74) is 1.85. The number of para-hydroxylation sites is 2. The Morgan fingerprint density at radius 1 is 1.41 bits per heavy atom. The molecule has 1 aromatic heterocycles. The lowest BCUT2D eigenvalue weighted by Crippen LogP contribution is -2.30. The van der Waals surface area contributed by atoms with Crippen molar-refractivity contribution in [2.24, 2.45) is 5.92 Å². The molecule has 116 valence electrons. The molecule has 7 heteroatoms. The predicted molar refractivity (Wildman–Crippen MR) is 86.4 cm³/mol. The molecule has 0 unspecified atom stereocenters. The third kappa shape index (κ3) is 3.04. The van der Waals surface area contributed by atoms with E-state index in [9.17, 15) is 4.79 Å². The van der Waals surface area contributed by atoms with Gasteiger partial charge in [-0.1, -0.05) is 35.5 Å². The molecule has 22 heavy (non-hydrogen) atoms. The largest absolute Gasteiger partial charge is 0.469 e. The molecular formula is C15H18N4O2S. The Morgan fingerprint density at radius 2 is 2.23 bits per heavy atom. The van der Waals surface area contributed by atoms with Gasteiger partial charge in [-0.15, -0.1) is 5.10 Å². The standard InChI is InChI=1S/C15H18N4O2S/c1-3-21-15-18-17-13(22-15)9-19-8-10(2)14(20)16-11-6-4-5-7-12(11)19/h4-7,10H,3,8-9H2,1-2H3,(H,16,20)/t10-/m0/s1. The number of anilines is 2. The predicted octanol–water partition coefficient (Wildman–Crippen LogP) is 2.53. The second-order valence-electron chi connectivity index (χ2n) is 5.18. The van der Waals surface area contributed by atoms with Crippen molar-refractivity contribution in [3.05, 3.63) is 29.3 Å². The molecule has 0 spiro atoms. The normalized spacial score (nSPS) is 17.6. The summed E-state index contributed by atoms with van der Waals surface area (Å²) in [5.74, 6) is -0.0473. The van der Waals surface area contributed by atoms with E-state index in [1.807, 2.05) is 38.1 Å². The fourth-order valence-corrected chi connectivity index (χ4v) is 3.18. The molecule has 1 N–H and O–H groups in total. The Labute approximate surface area is 133 Å². The molecule has 1 aliphatic heterocycles. The number of rotatable bonds is 4. The maximum atomic E-state index is 12.1. The van der Waals surface area contributed by atoms with Gasteiger partial charge < -0.3 is 15.0 Å². The van der Waals surface area contributed by atoms with Crippen LogP contribution in [-0.2, 0) is 11.3 Å². The van der Waals surface area contributed by atoms with Gasteiger partial charge in [-0.3, -0.25) is 4.79 Å². The number of carbonyl (C=O) groups excluding carboxylic acids is 1. The van der Waals surface area contributed by atoms with Gasteiger partial charge in [0.15, 0.2) is 0 Å². The zero-order chi connectivity index (χ0) is 15.5. The summed E-state index contributed by atoms with van der Waals surface area (Å²) in [7, 11) is 0. The minimum absolute atomic E-state index is 0.0437. The Kier molecular flexibility index (Phi) is 4.24. The molecule has 0 saturated heterocycles. The Bertz CT molecular complexity index is 673. The monoisotopic (exact) mass is 318 g/mol. The van der Waals surface area contributed by atoms with Crippen molar-refractivity contribution < 1.29 is 9.53 Å². The van der Waals surface area contributed by atoms with E-state index in [1.54, 1.807) is 0 Å². The van der Waals surface area contributed by atoms with Crippen molar-refractivity contribution in [3.8, 4) is 5.19 Å². The molecule has 1 aromatic carbocycles. The minimum Gasteiger partial charge on any atom is -0.469 e. The summed E-state index contributed by atoms with van der Waals surface area (Å²) < 4.78 is 5.37. The number of carbonyl (C=O) groups is 1. The van der Waals surface area contributed by atoms with E-state index in [-0.39, 0.29) is 11.8 Å². The lowest BCUT2D eigenvalue weighted by molar-refractivity contribution is -0.119. The average molecular weight is 318 g/mol. The Balaban J connectivity index is 1.86. The van der Waals surface area contributed by atoms with Crippen LogP contribution in [0.25, 0.3) is 0 Å². The molecule has 3 rings (SSSR count). The molecule has 0 aliphatic carbocycles. The van der Waals surface area contributed by atoms with Crippen molar-refractivity contribution in [1.82, 2.24) is 10.2 Å². The number of amides is 1. The van der Waals surface area contributed by atoms with E-state index >= 15 is 0 Å². The second kappa shape index (κ2) is 6.31. The van der Waals surface area contributed by atoms with Crippen LogP contribution in [0.1, 0.15) is 18.9 Å². The molecule has 1 amide bonds. The summed E-state index contributed by atoms with van der Waals surface area (Å²) in [6.07, 6.45) is 0. The van der Waals surface area contributed by atoms with E-state index in [4.69, 9.17) is 4.74 Å². The van der Waals surface area contributed by atoms with Crippen molar-refractivity contribution in [2.45, 2.75) is 20.4 Å². The number of hydrogen-bond donors (Lipinski definition) is 1. The van der Waals surface area contributed by atoms with Crippen LogP contribution >= 0.6 is 11.3 Å². The molecule has 1 atom stereocenters. The third-order valence-corrected chi connectivity index (χ3v) is 4.31. The van der Waals surface area contributed by atoms with Crippen LogP contribution < -0.4 is 15.0 Å². The van der Waals surface area contributed by atoms with Gasteiger partial charge >= 0.3 is 0 Å². The SMILES string of the molecule is CCOc1nnc(CN2C[C@H](C)C(=O)Nc3ccccc32)s1. The first-order chi connectivity index (χ1) is 10.7. The van der Waals surface area contributed by atoms with Gasteiger partial charge in [-0.25, -0.2) is 0 Å². The highest BCUT2D eigenvalue weighted by molar-refractivity contribution is 7.13. The maximum Gasteiger partial charge on any atom is 0.294 e. The van der Waals surface area contributed by atoms with Crippen LogP contribution in [-0.4, -0.2) is 29.3 Å². The highest BCUT2D eigenvalue weighted by atomic mass is 32.1. The van der Waals surface area contributed by atoms with Crippen LogP contribution in [0.3, 0.4) is 0 Å². The zero-order valence-corrected chi connectivity index (χ0v) is 13.4.